The number of aliphatic hydroxyl groups excluding tert-OH is 1. The van der Waals surface area contributed by atoms with E-state index in [-0.39, 0.29) is 0 Å². The summed E-state index contributed by atoms with van der Waals surface area (Å²) in [6.07, 6.45) is 4.71. The van der Waals surface area contributed by atoms with Gasteiger partial charge in [-0.05, 0) is 49.3 Å². The summed E-state index contributed by atoms with van der Waals surface area (Å²) in [6.45, 7) is 1.31. The predicted octanol–water partition coefficient (Wildman–Crippen LogP) is 3.09. The molecule has 1 saturated carbocycles. The second-order valence-electron chi connectivity index (χ2n) is 4.91. The number of benzene rings is 1. The van der Waals surface area contributed by atoms with Gasteiger partial charge in [-0.15, -0.1) is 0 Å². The van der Waals surface area contributed by atoms with E-state index in [2.05, 4.69) is 45.5 Å². The van der Waals surface area contributed by atoms with Gasteiger partial charge >= 0.3 is 0 Å². The fourth-order valence-electron chi connectivity index (χ4n) is 2.41. The zero-order valence-corrected chi connectivity index (χ0v) is 11.6. The van der Waals surface area contributed by atoms with Gasteiger partial charge in [0.25, 0.3) is 0 Å². The summed E-state index contributed by atoms with van der Waals surface area (Å²) in [4.78, 5) is 0. The molecule has 0 spiro atoms. The van der Waals surface area contributed by atoms with Crippen LogP contribution in [0, 0.1) is 5.92 Å². The van der Waals surface area contributed by atoms with Crippen molar-refractivity contribution < 1.29 is 5.11 Å². The lowest BCUT2D eigenvalue weighted by Gasteiger charge is -2.28. The molecule has 94 valence electrons. The van der Waals surface area contributed by atoms with Crippen molar-refractivity contribution in [1.29, 1.82) is 0 Å². The molecule has 1 aliphatic carbocycles. The van der Waals surface area contributed by atoms with E-state index in [1.807, 2.05) is 0 Å². The van der Waals surface area contributed by atoms with Gasteiger partial charge in [-0.3, -0.25) is 0 Å². The first-order valence-electron chi connectivity index (χ1n) is 6.36. The Bertz CT molecular complexity index is 331. The number of aliphatic hydroxyl groups is 1. The highest BCUT2D eigenvalue weighted by molar-refractivity contribution is 9.10. The fourth-order valence-corrected chi connectivity index (χ4v) is 2.68. The van der Waals surface area contributed by atoms with Gasteiger partial charge in [0.05, 0.1) is 0 Å². The average Bonchev–Trinajstić information content (AvgIpc) is 2.39. The van der Waals surface area contributed by atoms with E-state index in [1.54, 1.807) is 0 Å². The van der Waals surface area contributed by atoms with E-state index in [4.69, 9.17) is 5.11 Å². The highest BCUT2D eigenvalue weighted by Crippen LogP contribution is 2.23. The Morgan fingerprint density at radius 1 is 1.12 bits per heavy atom. The first-order valence-corrected chi connectivity index (χ1v) is 7.16. The lowest BCUT2D eigenvalue weighted by atomic mass is 9.86. The SMILES string of the molecule is OCC1CCC(NCc2ccc(Br)cc2)CC1. The molecule has 1 fully saturated rings. The van der Waals surface area contributed by atoms with E-state index in [0.717, 1.165) is 23.9 Å². The zero-order chi connectivity index (χ0) is 12.1. The Morgan fingerprint density at radius 3 is 2.35 bits per heavy atom. The molecule has 2 rings (SSSR count). The predicted molar refractivity (Wildman–Crippen MR) is 73.8 cm³/mol. The lowest BCUT2D eigenvalue weighted by molar-refractivity contribution is 0.175. The highest BCUT2D eigenvalue weighted by Gasteiger charge is 2.19. The van der Waals surface area contributed by atoms with Crippen molar-refractivity contribution in [3.63, 3.8) is 0 Å². The third kappa shape index (κ3) is 4.09. The highest BCUT2D eigenvalue weighted by atomic mass is 79.9. The number of hydrogen-bond acceptors (Lipinski definition) is 2. The van der Waals surface area contributed by atoms with Crippen LogP contribution in [0.25, 0.3) is 0 Å². The van der Waals surface area contributed by atoms with Crippen LogP contribution in [-0.2, 0) is 6.54 Å². The molecule has 1 aromatic rings. The van der Waals surface area contributed by atoms with Crippen molar-refractivity contribution >= 4 is 15.9 Å². The van der Waals surface area contributed by atoms with Gasteiger partial charge in [0.1, 0.15) is 0 Å². The van der Waals surface area contributed by atoms with Crippen LogP contribution in [0.15, 0.2) is 28.7 Å². The molecule has 2 nitrogen and oxygen atoms in total. The van der Waals surface area contributed by atoms with Crippen LogP contribution in [0.1, 0.15) is 31.2 Å². The minimum Gasteiger partial charge on any atom is -0.396 e. The third-order valence-electron chi connectivity index (χ3n) is 3.61. The molecule has 0 amide bonds. The first-order chi connectivity index (χ1) is 8.28. The van der Waals surface area contributed by atoms with Crippen LogP contribution in [0.5, 0.6) is 0 Å². The van der Waals surface area contributed by atoms with E-state index in [9.17, 15) is 0 Å². The van der Waals surface area contributed by atoms with Gasteiger partial charge in [0.15, 0.2) is 0 Å². The standard InChI is InChI=1S/C14H20BrNO/c15-13-5-1-11(2-6-13)9-16-14-7-3-12(10-17)4-8-14/h1-2,5-6,12,14,16-17H,3-4,7-10H2. The molecule has 0 unspecified atom stereocenters. The topological polar surface area (TPSA) is 32.3 Å². The van der Waals surface area contributed by atoms with Gasteiger partial charge in [-0.2, -0.15) is 0 Å². The molecule has 0 bridgehead atoms. The molecular formula is C14H20BrNO. The van der Waals surface area contributed by atoms with Crippen LogP contribution in [0.3, 0.4) is 0 Å². The molecular weight excluding hydrogens is 278 g/mol. The largest absolute Gasteiger partial charge is 0.396 e. The summed E-state index contributed by atoms with van der Waals surface area (Å²) in [5.74, 6) is 0.542. The molecule has 0 saturated heterocycles. The minimum atomic E-state index is 0.361. The van der Waals surface area contributed by atoms with Crippen molar-refractivity contribution in [3.05, 3.63) is 34.3 Å². The summed E-state index contributed by atoms with van der Waals surface area (Å²) in [6, 6.07) is 9.09. The smallest absolute Gasteiger partial charge is 0.0459 e. The second kappa shape index (κ2) is 6.53. The maximum atomic E-state index is 9.09. The van der Waals surface area contributed by atoms with Crippen LogP contribution >= 0.6 is 15.9 Å². The average molecular weight is 298 g/mol. The Kier molecular flexibility index (Phi) is 5.01. The summed E-state index contributed by atoms with van der Waals surface area (Å²) in [5.41, 5.74) is 1.33. The van der Waals surface area contributed by atoms with Gasteiger partial charge in [0.2, 0.25) is 0 Å². The van der Waals surface area contributed by atoms with Gasteiger partial charge in [0, 0.05) is 23.7 Å². The minimum absolute atomic E-state index is 0.361. The van der Waals surface area contributed by atoms with Crippen molar-refractivity contribution in [1.82, 2.24) is 5.32 Å². The number of rotatable bonds is 4. The zero-order valence-electron chi connectivity index (χ0n) is 10.0. The van der Waals surface area contributed by atoms with Crippen molar-refractivity contribution in [2.45, 2.75) is 38.3 Å². The number of halogens is 1. The molecule has 0 heterocycles. The van der Waals surface area contributed by atoms with Crippen molar-refractivity contribution in [2.24, 2.45) is 5.92 Å². The fraction of sp³-hybridized carbons (Fsp3) is 0.571. The van der Waals surface area contributed by atoms with E-state index in [1.165, 1.54) is 18.4 Å². The Labute approximate surface area is 112 Å². The normalized spacial score (nSPS) is 24.8. The van der Waals surface area contributed by atoms with Crippen LogP contribution in [0.4, 0.5) is 0 Å². The van der Waals surface area contributed by atoms with Gasteiger partial charge in [-0.1, -0.05) is 28.1 Å². The van der Waals surface area contributed by atoms with E-state index < -0.39 is 0 Å². The van der Waals surface area contributed by atoms with E-state index in [0.29, 0.717) is 18.6 Å². The van der Waals surface area contributed by atoms with E-state index >= 15 is 0 Å². The monoisotopic (exact) mass is 297 g/mol. The molecule has 0 atom stereocenters. The molecule has 1 aliphatic rings. The number of hydrogen-bond donors (Lipinski definition) is 2. The molecule has 1 aromatic carbocycles. The molecule has 0 aromatic heterocycles. The number of nitrogens with one attached hydrogen (secondary N) is 1. The van der Waals surface area contributed by atoms with Crippen LogP contribution in [0.2, 0.25) is 0 Å². The Hall–Kier alpha value is -0.380. The summed E-state index contributed by atoms with van der Waals surface area (Å²) >= 11 is 3.44. The quantitative estimate of drug-likeness (QED) is 0.895. The van der Waals surface area contributed by atoms with Crippen molar-refractivity contribution in [3.8, 4) is 0 Å². The summed E-state index contributed by atoms with van der Waals surface area (Å²) < 4.78 is 1.13. The second-order valence-corrected chi connectivity index (χ2v) is 5.82. The molecule has 0 radical (unpaired) electrons. The van der Waals surface area contributed by atoms with Crippen LogP contribution < -0.4 is 5.32 Å². The van der Waals surface area contributed by atoms with Gasteiger partial charge in [-0.25, -0.2) is 0 Å². The molecule has 3 heteroatoms. The maximum Gasteiger partial charge on any atom is 0.0459 e. The van der Waals surface area contributed by atoms with Gasteiger partial charge < -0.3 is 10.4 Å². The lowest BCUT2D eigenvalue weighted by Crippen LogP contribution is -2.33. The maximum absolute atomic E-state index is 9.09. The van der Waals surface area contributed by atoms with Crippen LogP contribution in [-0.4, -0.2) is 17.8 Å². The first kappa shape index (κ1) is 13.1. The summed E-state index contributed by atoms with van der Waals surface area (Å²) in [5, 5.41) is 12.7. The Balaban J connectivity index is 1.74. The molecule has 0 aliphatic heterocycles. The summed E-state index contributed by atoms with van der Waals surface area (Å²) in [7, 11) is 0. The van der Waals surface area contributed by atoms with Crippen molar-refractivity contribution in [2.75, 3.05) is 6.61 Å². The third-order valence-corrected chi connectivity index (χ3v) is 4.14. The molecule has 17 heavy (non-hydrogen) atoms. The molecule has 2 N–H and O–H groups in total. The Morgan fingerprint density at radius 2 is 1.76 bits per heavy atom.